The van der Waals surface area contributed by atoms with Crippen LogP contribution in [0.1, 0.15) is 36.9 Å². The number of nitrogens with one attached hydrogen (secondary N) is 1. The number of hydrogen-bond donors (Lipinski definition) is 1. The summed E-state index contributed by atoms with van der Waals surface area (Å²) in [6.45, 7) is 2.57. The Kier molecular flexibility index (Phi) is 5.37. The predicted octanol–water partition coefficient (Wildman–Crippen LogP) is 3.91. The van der Waals surface area contributed by atoms with Crippen LogP contribution in [0.5, 0.6) is 0 Å². The smallest absolute Gasteiger partial charge is 0.309 e. The fourth-order valence-corrected chi connectivity index (χ4v) is 1.72. The van der Waals surface area contributed by atoms with Gasteiger partial charge in [0.1, 0.15) is 5.82 Å². The summed E-state index contributed by atoms with van der Waals surface area (Å²) in [7, 11) is 0. The molecule has 1 rings (SSSR count). The van der Waals surface area contributed by atoms with E-state index in [1.165, 1.54) is 6.07 Å². The maximum Gasteiger partial charge on any atom is 0.419 e. The summed E-state index contributed by atoms with van der Waals surface area (Å²) in [6, 6.07) is 2.58. The molecule has 0 heterocycles. The third-order valence-corrected chi connectivity index (χ3v) is 2.66. The van der Waals surface area contributed by atoms with Crippen LogP contribution in [-0.2, 0) is 6.18 Å². The summed E-state index contributed by atoms with van der Waals surface area (Å²) in [5.41, 5.74) is -0.912. The number of halogens is 4. The van der Waals surface area contributed by atoms with E-state index in [1.807, 2.05) is 6.92 Å². The van der Waals surface area contributed by atoms with E-state index in [0.717, 1.165) is 18.6 Å². The third kappa shape index (κ3) is 4.25. The molecule has 0 bridgehead atoms. The van der Waals surface area contributed by atoms with Gasteiger partial charge in [0.2, 0.25) is 0 Å². The van der Waals surface area contributed by atoms with Gasteiger partial charge in [0.05, 0.1) is 5.56 Å². The number of alkyl halides is 3. The molecule has 0 aliphatic rings. The summed E-state index contributed by atoms with van der Waals surface area (Å²) >= 11 is 0. The first-order valence-electron chi connectivity index (χ1n) is 5.93. The zero-order valence-corrected chi connectivity index (χ0v) is 10.5. The van der Waals surface area contributed by atoms with Gasteiger partial charge in [0.15, 0.2) is 0 Å². The van der Waals surface area contributed by atoms with Crippen LogP contribution in [0.3, 0.4) is 0 Å². The maximum atomic E-state index is 13.2. The Hall–Kier alpha value is -1.54. The molecular weight excluding hydrogens is 258 g/mol. The van der Waals surface area contributed by atoms with E-state index in [4.69, 9.17) is 6.42 Å². The lowest BCUT2D eigenvalue weighted by molar-refractivity contribution is -0.140. The summed E-state index contributed by atoms with van der Waals surface area (Å²) in [5, 5.41) is 3.05. The molecule has 1 atom stereocenters. The number of rotatable bonds is 5. The molecule has 0 aromatic heterocycles. The van der Waals surface area contributed by atoms with Crippen LogP contribution in [0.4, 0.5) is 17.6 Å². The third-order valence-electron chi connectivity index (χ3n) is 2.66. The number of benzene rings is 1. The second-order valence-electron chi connectivity index (χ2n) is 4.15. The lowest BCUT2D eigenvalue weighted by Gasteiger charge is -2.18. The van der Waals surface area contributed by atoms with E-state index < -0.39 is 23.6 Å². The standard InChI is InChI=1S/C14H15F4N/c1-3-5-13(19-8-4-2)10-6-7-12(15)11(9-10)14(16,17)18/h1,6-7,9,13,19H,4-5,8H2,2H3. The Balaban J connectivity index is 3.08. The van der Waals surface area contributed by atoms with Crippen LogP contribution >= 0.6 is 0 Å². The molecule has 0 aliphatic heterocycles. The van der Waals surface area contributed by atoms with E-state index in [9.17, 15) is 17.6 Å². The van der Waals surface area contributed by atoms with Crippen molar-refractivity contribution in [3.8, 4) is 12.3 Å². The SMILES string of the molecule is C#CCC(NCCC)c1ccc(F)c(C(F)(F)F)c1. The van der Waals surface area contributed by atoms with Crippen LogP contribution in [0.25, 0.3) is 0 Å². The van der Waals surface area contributed by atoms with Crippen molar-refractivity contribution in [2.24, 2.45) is 0 Å². The topological polar surface area (TPSA) is 12.0 Å². The molecule has 0 amide bonds. The molecule has 19 heavy (non-hydrogen) atoms. The molecule has 0 aliphatic carbocycles. The van der Waals surface area contributed by atoms with Gasteiger partial charge in [-0.15, -0.1) is 12.3 Å². The normalized spacial score (nSPS) is 13.1. The van der Waals surface area contributed by atoms with Crippen molar-refractivity contribution in [3.05, 3.63) is 35.1 Å². The van der Waals surface area contributed by atoms with E-state index in [2.05, 4.69) is 11.2 Å². The molecule has 1 unspecified atom stereocenters. The van der Waals surface area contributed by atoms with Gasteiger partial charge in [-0.05, 0) is 30.7 Å². The Morgan fingerprint density at radius 1 is 1.37 bits per heavy atom. The van der Waals surface area contributed by atoms with Crippen molar-refractivity contribution >= 4 is 0 Å². The Bertz CT molecular complexity index is 459. The lowest BCUT2D eigenvalue weighted by atomic mass is 10.0. The first-order chi connectivity index (χ1) is 8.90. The van der Waals surface area contributed by atoms with Gasteiger partial charge in [0, 0.05) is 12.5 Å². The zero-order valence-electron chi connectivity index (χ0n) is 10.5. The fraction of sp³-hybridized carbons (Fsp3) is 0.429. The lowest BCUT2D eigenvalue weighted by Crippen LogP contribution is -2.22. The first kappa shape index (κ1) is 15.5. The molecule has 1 nitrogen and oxygen atoms in total. The van der Waals surface area contributed by atoms with Crippen molar-refractivity contribution < 1.29 is 17.6 Å². The van der Waals surface area contributed by atoms with Crippen molar-refractivity contribution in [1.82, 2.24) is 5.32 Å². The fourth-order valence-electron chi connectivity index (χ4n) is 1.72. The second-order valence-corrected chi connectivity index (χ2v) is 4.15. The minimum Gasteiger partial charge on any atom is -0.309 e. The molecule has 1 aromatic rings. The highest BCUT2D eigenvalue weighted by Crippen LogP contribution is 2.33. The Morgan fingerprint density at radius 3 is 2.58 bits per heavy atom. The van der Waals surface area contributed by atoms with Crippen molar-refractivity contribution in [3.63, 3.8) is 0 Å². The molecule has 5 heteroatoms. The second kappa shape index (κ2) is 6.58. The van der Waals surface area contributed by atoms with Gasteiger partial charge in [-0.2, -0.15) is 13.2 Å². The van der Waals surface area contributed by atoms with Crippen LogP contribution < -0.4 is 5.32 Å². The predicted molar refractivity (Wildman–Crippen MR) is 65.9 cm³/mol. The van der Waals surface area contributed by atoms with Crippen molar-refractivity contribution in [2.45, 2.75) is 32.0 Å². The van der Waals surface area contributed by atoms with Crippen LogP contribution in [0.2, 0.25) is 0 Å². The van der Waals surface area contributed by atoms with Crippen LogP contribution in [-0.4, -0.2) is 6.54 Å². The molecule has 0 radical (unpaired) electrons. The molecule has 0 saturated carbocycles. The van der Waals surface area contributed by atoms with E-state index in [1.54, 1.807) is 0 Å². The maximum absolute atomic E-state index is 13.2. The van der Waals surface area contributed by atoms with E-state index in [-0.39, 0.29) is 6.42 Å². The average Bonchev–Trinajstić information content (AvgIpc) is 2.34. The highest BCUT2D eigenvalue weighted by atomic mass is 19.4. The van der Waals surface area contributed by atoms with Crippen molar-refractivity contribution in [2.75, 3.05) is 6.54 Å². The molecule has 1 N–H and O–H groups in total. The van der Waals surface area contributed by atoms with Crippen LogP contribution in [0, 0.1) is 18.2 Å². The van der Waals surface area contributed by atoms with Crippen molar-refractivity contribution in [1.29, 1.82) is 0 Å². The van der Waals surface area contributed by atoms with E-state index >= 15 is 0 Å². The highest BCUT2D eigenvalue weighted by molar-refractivity contribution is 5.30. The molecule has 1 aromatic carbocycles. The monoisotopic (exact) mass is 273 g/mol. The van der Waals surface area contributed by atoms with Gasteiger partial charge < -0.3 is 5.32 Å². The summed E-state index contributed by atoms with van der Waals surface area (Å²) in [6.07, 6.45) is 1.58. The Morgan fingerprint density at radius 2 is 2.05 bits per heavy atom. The molecule has 104 valence electrons. The molecule has 0 saturated heterocycles. The van der Waals surface area contributed by atoms with Gasteiger partial charge >= 0.3 is 6.18 Å². The first-order valence-corrected chi connectivity index (χ1v) is 5.93. The largest absolute Gasteiger partial charge is 0.419 e. The Labute approximate surface area is 110 Å². The summed E-state index contributed by atoms with van der Waals surface area (Å²) in [4.78, 5) is 0. The van der Waals surface area contributed by atoms with Gasteiger partial charge in [-0.25, -0.2) is 4.39 Å². The van der Waals surface area contributed by atoms with Gasteiger partial charge in [-0.3, -0.25) is 0 Å². The molecule has 0 fully saturated rings. The zero-order chi connectivity index (χ0) is 14.5. The average molecular weight is 273 g/mol. The molecule has 0 spiro atoms. The summed E-state index contributed by atoms with van der Waals surface area (Å²) in [5.74, 6) is 1.14. The van der Waals surface area contributed by atoms with Crippen LogP contribution in [0.15, 0.2) is 18.2 Å². The highest BCUT2D eigenvalue weighted by Gasteiger charge is 2.34. The quantitative estimate of drug-likeness (QED) is 0.633. The van der Waals surface area contributed by atoms with E-state index in [0.29, 0.717) is 12.1 Å². The van der Waals surface area contributed by atoms with Gasteiger partial charge in [0.25, 0.3) is 0 Å². The van der Waals surface area contributed by atoms with Gasteiger partial charge in [-0.1, -0.05) is 13.0 Å². The number of hydrogen-bond acceptors (Lipinski definition) is 1. The molecular formula is C14H15F4N. The number of terminal acetylenes is 1. The minimum absolute atomic E-state index is 0.253. The minimum atomic E-state index is -4.70. The summed E-state index contributed by atoms with van der Waals surface area (Å²) < 4.78 is 51.1.